The molecule has 18 heavy (non-hydrogen) atoms. The Hall–Kier alpha value is -0.770. The van der Waals surface area contributed by atoms with E-state index in [1.165, 1.54) is 11.3 Å². The number of benzene rings is 1. The summed E-state index contributed by atoms with van der Waals surface area (Å²) < 4.78 is 5.39. The van der Waals surface area contributed by atoms with Crippen LogP contribution in [0.2, 0.25) is 5.02 Å². The van der Waals surface area contributed by atoms with Gasteiger partial charge >= 0.3 is 0 Å². The number of anilines is 1. The van der Waals surface area contributed by atoms with Crippen molar-refractivity contribution in [3.05, 3.63) is 28.8 Å². The van der Waals surface area contributed by atoms with E-state index in [-0.39, 0.29) is 0 Å². The molecule has 1 N–H and O–H groups in total. The summed E-state index contributed by atoms with van der Waals surface area (Å²) in [6.45, 7) is 8.30. The number of likely N-dealkylation sites (N-methyl/N-ethyl adjacent to an activating group) is 1. The van der Waals surface area contributed by atoms with E-state index >= 15 is 0 Å². The van der Waals surface area contributed by atoms with Crippen molar-refractivity contribution < 1.29 is 4.74 Å². The summed E-state index contributed by atoms with van der Waals surface area (Å²) in [7, 11) is 2.08. The number of halogens is 1. The molecule has 0 unspecified atom stereocenters. The molecule has 0 heterocycles. The zero-order valence-corrected chi connectivity index (χ0v) is 12.3. The first-order chi connectivity index (χ1) is 8.69. The first-order valence-corrected chi connectivity index (χ1v) is 6.84. The van der Waals surface area contributed by atoms with Crippen LogP contribution in [0.5, 0.6) is 0 Å². The number of hydrogen-bond donors (Lipinski definition) is 1. The third-order valence-corrected chi connectivity index (χ3v) is 3.03. The Labute approximate surface area is 115 Å². The Kier molecular flexibility index (Phi) is 7.09. The van der Waals surface area contributed by atoms with Crippen LogP contribution in [0, 0.1) is 0 Å². The zero-order chi connectivity index (χ0) is 13.4. The Morgan fingerprint density at radius 2 is 2.11 bits per heavy atom. The van der Waals surface area contributed by atoms with Crippen LogP contribution in [0.15, 0.2) is 18.2 Å². The van der Waals surface area contributed by atoms with Gasteiger partial charge in [0.25, 0.3) is 0 Å². The fourth-order valence-electron chi connectivity index (χ4n) is 1.79. The summed E-state index contributed by atoms with van der Waals surface area (Å²) in [5, 5.41) is 4.12. The minimum absolute atomic E-state index is 0.746. The lowest BCUT2D eigenvalue weighted by molar-refractivity contribution is 0.154. The van der Waals surface area contributed by atoms with E-state index < -0.39 is 0 Å². The second-order valence-corrected chi connectivity index (χ2v) is 4.61. The highest BCUT2D eigenvalue weighted by Gasteiger charge is 2.07. The molecule has 0 fully saturated rings. The predicted octanol–water partition coefficient (Wildman–Crippen LogP) is 2.92. The molecule has 0 aliphatic heterocycles. The fourth-order valence-corrected chi connectivity index (χ4v) is 1.99. The molecule has 0 spiro atoms. The van der Waals surface area contributed by atoms with Crippen LogP contribution in [-0.2, 0) is 11.3 Å². The smallest absolute Gasteiger partial charge is 0.0641 e. The number of hydrogen-bond acceptors (Lipinski definition) is 3. The van der Waals surface area contributed by atoms with E-state index in [0.29, 0.717) is 0 Å². The van der Waals surface area contributed by atoms with E-state index in [2.05, 4.69) is 30.3 Å². The molecule has 0 amide bonds. The van der Waals surface area contributed by atoms with Crippen molar-refractivity contribution >= 4 is 17.3 Å². The number of nitrogens with one attached hydrogen (secondary N) is 1. The molecule has 0 atom stereocenters. The SMILES string of the molecule is CCNCc1cc(Cl)ccc1N(C)CCOCC. The maximum Gasteiger partial charge on any atom is 0.0641 e. The fraction of sp³-hybridized carbons (Fsp3) is 0.571. The standard InChI is InChI=1S/C14H23ClN2O/c1-4-16-11-12-10-13(15)6-7-14(12)17(3)8-9-18-5-2/h6-7,10,16H,4-5,8-9,11H2,1-3H3. The number of ether oxygens (including phenoxy) is 1. The molecule has 3 nitrogen and oxygen atoms in total. The molecule has 0 aromatic heterocycles. The lowest BCUT2D eigenvalue weighted by atomic mass is 10.1. The lowest BCUT2D eigenvalue weighted by Crippen LogP contribution is -2.25. The summed E-state index contributed by atoms with van der Waals surface area (Å²) in [5.41, 5.74) is 2.43. The first-order valence-electron chi connectivity index (χ1n) is 6.47. The summed E-state index contributed by atoms with van der Waals surface area (Å²) >= 11 is 6.06. The third-order valence-electron chi connectivity index (χ3n) is 2.79. The maximum absolute atomic E-state index is 6.06. The summed E-state index contributed by atoms with van der Waals surface area (Å²) in [4.78, 5) is 2.21. The summed E-state index contributed by atoms with van der Waals surface area (Å²) in [6, 6.07) is 6.03. The van der Waals surface area contributed by atoms with Crippen molar-refractivity contribution in [2.45, 2.75) is 20.4 Å². The van der Waals surface area contributed by atoms with Crippen molar-refractivity contribution in [3.8, 4) is 0 Å². The highest BCUT2D eigenvalue weighted by Crippen LogP contribution is 2.23. The van der Waals surface area contributed by atoms with E-state index in [0.717, 1.165) is 37.9 Å². The van der Waals surface area contributed by atoms with Gasteiger partial charge in [-0.15, -0.1) is 0 Å². The van der Waals surface area contributed by atoms with Gasteiger partial charge in [-0.3, -0.25) is 0 Å². The van der Waals surface area contributed by atoms with Gasteiger partial charge in [-0.1, -0.05) is 18.5 Å². The molecule has 0 saturated carbocycles. The summed E-state index contributed by atoms with van der Waals surface area (Å²) in [6.07, 6.45) is 0. The zero-order valence-electron chi connectivity index (χ0n) is 11.5. The van der Waals surface area contributed by atoms with Gasteiger partial charge in [0.2, 0.25) is 0 Å². The Morgan fingerprint density at radius 3 is 2.78 bits per heavy atom. The van der Waals surface area contributed by atoms with Crippen LogP contribution >= 0.6 is 11.6 Å². The third kappa shape index (κ3) is 4.84. The van der Waals surface area contributed by atoms with Crippen LogP contribution in [0.25, 0.3) is 0 Å². The molecular formula is C14H23ClN2O. The topological polar surface area (TPSA) is 24.5 Å². The number of rotatable bonds is 8. The van der Waals surface area contributed by atoms with Crippen LogP contribution in [0.3, 0.4) is 0 Å². The van der Waals surface area contributed by atoms with E-state index in [9.17, 15) is 0 Å². The van der Waals surface area contributed by atoms with Crippen molar-refractivity contribution in [2.75, 3.05) is 38.3 Å². The molecule has 1 aromatic carbocycles. The molecule has 0 aliphatic carbocycles. The predicted molar refractivity (Wildman–Crippen MR) is 78.6 cm³/mol. The van der Waals surface area contributed by atoms with Crippen molar-refractivity contribution in [1.29, 1.82) is 0 Å². The van der Waals surface area contributed by atoms with Gasteiger partial charge in [0, 0.05) is 37.5 Å². The Bertz CT molecular complexity index is 358. The van der Waals surface area contributed by atoms with Gasteiger partial charge in [0.15, 0.2) is 0 Å². The molecule has 1 rings (SSSR count). The molecule has 0 radical (unpaired) electrons. The van der Waals surface area contributed by atoms with E-state index in [4.69, 9.17) is 16.3 Å². The van der Waals surface area contributed by atoms with Crippen molar-refractivity contribution in [2.24, 2.45) is 0 Å². The largest absolute Gasteiger partial charge is 0.380 e. The summed E-state index contributed by atoms with van der Waals surface area (Å²) in [5.74, 6) is 0. The van der Waals surface area contributed by atoms with E-state index in [1.807, 2.05) is 19.1 Å². The monoisotopic (exact) mass is 270 g/mol. The first kappa shape index (κ1) is 15.3. The second kappa shape index (κ2) is 8.35. The van der Waals surface area contributed by atoms with Crippen molar-refractivity contribution in [3.63, 3.8) is 0 Å². The normalized spacial score (nSPS) is 10.7. The minimum atomic E-state index is 0.746. The minimum Gasteiger partial charge on any atom is -0.380 e. The van der Waals surface area contributed by atoms with Gasteiger partial charge in [-0.2, -0.15) is 0 Å². The molecule has 102 valence electrons. The van der Waals surface area contributed by atoms with Gasteiger partial charge in [-0.05, 0) is 37.2 Å². The molecular weight excluding hydrogens is 248 g/mol. The van der Waals surface area contributed by atoms with Gasteiger partial charge in [-0.25, -0.2) is 0 Å². The van der Waals surface area contributed by atoms with Crippen LogP contribution in [0.1, 0.15) is 19.4 Å². The lowest BCUT2D eigenvalue weighted by Gasteiger charge is -2.22. The van der Waals surface area contributed by atoms with Crippen LogP contribution in [-0.4, -0.2) is 33.4 Å². The molecule has 1 aromatic rings. The second-order valence-electron chi connectivity index (χ2n) is 4.17. The average Bonchev–Trinajstić information content (AvgIpc) is 2.36. The van der Waals surface area contributed by atoms with Gasteiger partial charge in [0.1, 0.15) is 0 Å². The van der Waals surface area contributed by atoms with Gasteiger partial charge < -0.3 is 15.0 Å². The van der Waals surface area contributed by atoms with Gasteiger partial charge in [0.05, 0.1) is 6.61 Å². The molecule has 0 bridgehead atoms. The molecule has 0 aliphatic rings. The maximum atomic E-state index is 6.06. The molecule has 0 saturated heterocycles. The Morgan fingerprint density at radius 1 is 1.33 bits per heavy atom. The highest BCUT2D eigenvalue weighted by atomic mass is 35.5. The van der Waals surface area contributed by atoms with E-state index in [1.54, 1.807) is 0 Å². The van der Waals surface area contributed by atoms with Crippen molar-refractivity contribution in [1.82, 2.24) is 5.32 Å². The Balaban J connectivity index is 2.72. The van der Waals surface area contributed by atoms with Crippen LogP contribution in [0.4, 0.5) is 5.69 Å². The molecule has 4 heteroatoms. The average molecular weight is 271 g/mol. The van der Waals surface area contributed by atoms with Crippen LogP contribution < -0.4 is 10.2 Å². The highest BCUT2D eigenvalue weighted by molar-refractivity contribution is 6.30. The quantitative estimate of drug-likeness (QED) is 0.735. The number of nitrogens with zero attached hydrogens (tertiary/aromatic N) is 1.